The molecule has 6 nitrogen and oxygen atoms in total. The molecule has 21 heavy (non-hydrogen) atoms. The zero-order valence-electron chi connectivity index (χ0n) is 11.2. The fraction of sp³-hybridized carbons (Fsp3) is 0.214. The quantitative estimate of drug-likeness (QED) is 0.442. The minimum atomic E-state index is -0.757. The molecule has 0 N–H and O–H groups in total. The van der Waals surface area contributed by atoms with Crippen LogP contribution in [0.5, 0.6) is 5.75 Å². The van der Waals surface area contributed by atoms with Crippen LogP contribution in [0.4, 0.5) is 0 Å². The van der Waals surface area contributed by atoms with Gasteiger partial charge in [0.05, 0.1) is 6.42 Å². The molecule has 0 saturated heterocycles. The number of halogens is 1. The van der Waals surface area contributed by atoms with Crippen molar-refractivity contribution < 1.29 is 27.7 Å². The molecular weight excluding hydrogens is 344 g/mol. The maximum Gasteiger partial charge on any atom is 0.342 e. The van der Waals surface area contributed by atoms with Crippen LogP contribution in [0.25, 0.3) is 0 Å². The molecule has 1 unspecified atom stereocenters. The first-order chi connectivity index (χ1) is 10.0. The van der Waals surface area contributed by atoms with E-state index < -0.39 is 24.0 Å². The third-order valence-corrected chi connectivity index (χ3v) is 2.50. The fourth-order valence-corrected chi connectivity index (χ4v) is 1.45. The average molecular weight is 357 g/mol. The Labute approximate surface area is 130 Å². The molecule has 0 aliphatic carbocycles. The smallest absolute Gasteiger partial charge is 0.342 e. The summed E-state index contributed by atoms with van der Waals surface area (Å²) in [7, 11) is 0. The molecule has 0 spiro atoms. The van der Waals surface area contributed by atoms with Crippen LogP contribution in [-0.4, -0.2) is 24.0 Å². The predicted molar refractivity (Wildman–Crippen MR) is 76.4 cm³/mol. The lowest BCUT2D eigenvalue weighted by atomic mass is 10.3. The molecule has 0 aliphatic heterocycles. The van der Waals surface area contributed by atoms with E-state index in [-0.39, 0.29) is 6.42 Å². The molecule has 1 rings (SSSR count). The fourth-order valence-electron chi connectivity index (χ4n) is 1.34. The van der Waals surface area contributed by atoms with Crippen molar-refractivity contribution in [2.45, 2.75) is 19.4 Å². The second-order valence-corrected chi connectivity index (χ2v) is 4.29. The average Bonchev–Trinajstić information content (AvgIpc) is 2.45. The van der Waals surface area contributed by atoms with Gasteiger partial charge in [-0.2, -0.15) is 0 Å². The van der Waals surface area contributed by atoms with Crippen LogP contribution in [0.2, 0.25) is 0 Å². The number of benzene rings is 1. The van der Waals surface area contributed by atoms with Gasteiger partial charge in [-0.15, -0.1) is 0 Å². The van der Waals surface area contributed by atoms with E-state index in [1.165, 1.54) is 0 Å². The van der Waals surface area contributed by atoms with Crippen LogP contribution in [0.1, 0.15) is 13.3 Å². The Balaban J connectivity index is 2.37. The van der Waals surface area contributed by atoms with E-state index in [4.69, 9.17) is 9.47 Å². The molecule has 0 heterocycles. The summed E-state index contributed by atoms with van der Waals surface area (Å²) in [6.07, 6.45) is 1.02. The number of esters is 2. The summed E-state index contributed by atoms with van der Waals surface area (Å²) in [5.41, 5.74) is 0. The lowest BCUT2D eigenvalue weighted by Gasteiger charge is -2.11. The third kappa shape index (κ3) is 7.26. The van der Waals surface area contributed by atoms with E-state index in [1.54, 1.807) is 37.3 Å². The number of rotatable bonds is 6. The number of ether oxygens (including phenoxy) is 2. The molecule has 0 radical (unpaired) electrons. The predicted octanol–water partition coefficient (Wildman–Crippen LogP) is 2.32. The summed E-state index contributed by atoms with van der Waals surface area (Å²) in [6, 6.07) is 8.55. The molecule has 7 heteroatoms. The Morgan fingerprint density at radius 1 is 1.14 bits per heavy atom. The van der Waals surface area contributed by atoms with Crippen LogP contribution in [-0.2, 0) is 22.9 Å². The molecule has 0 saturated carbocycles. The van der Waals surface area contributed by atoms with Crippen molar-refractivity contribution in [2.75, 3.05) is 0 Å². The monoisotopic (exact) mass is 356 g/mol. The van der Waals surface area contributed by atoms with Crippen molar-refractivity contribution >= 4 is 34.2 Å². The number of carbonyl (C=O) groups is 3. The van der Waals surface area contributed by atoms with Gasteiger partial charge in [-0.1, -0.05) is 18.2 Å². The maximum atomic E-state index is 11.6. The van der Waals surface area contributed by atoms with Crippen molar-refractivity contribution in [3.63, 3.8) is 0 Å². The van der Waals surface area contributed by atoms with Crippen molar-refractivity contribution in [1.82, 2.24) is 0 Å². The molecule has 0 aromatic heterocycles. The highest BCUT2D eigenvalue weighted by Crippen LogP contribution is 2.10. The standard InChI is InChI=1S/C14H13BrO6/c1-10(19-12(16)7-8-13(17)21-15)9-14(18)20-11-5-3-2-4-6-11/h2-8,10H,9H2,1H3/b8-7+. The Bertz CT molecular complexity index is 526. The molecule has 112 valence electrons. The summed E-state index contributed by atoms with van der Waals surface area (Å²) in [6.45, 7) is 1.54. The van der Waals surface area contributed by atoms with Crippen LogP contribution in [0, 0.1) is 0 Å². The largest absolute Gasteiger partial charge is 0.459 e. The molecule has 0 bridgehead atoms. The van der Waals surface area contributed by atoms with E-state index in [1.807, 2.05) is 0 Å². The van der Waals surface area contributed by atoms with E-state index in [0.29, 0.717) is 5.75 Å². The minimum Gasteiger partial charge on any atom is -0.459 e. The molecule has 1 aromatic rings. The first-order valence-corrected chi connectivity index (χ1v) is 6.63. The van der Waals surface area contributed by atoms with Crippen molar-refractivity contribution in [2.24, 2.45) is 0 Å². The van der Waals surface area contributed by atoms with Gasteiger partial charge in [-0.25, -0.2) is 9.59 Å². The van der Waals surface area contributed by atoms with Crippen LogP contribution >= 0.6 is 16.3 Å². The summed E-state index contributed by atoms with van der Waals surface area (Å²) in [4.78, 5) is 33.7. The Kier molecular flexibility index (Phi) is 7.17. The number of para-hydroxylation sites is 1. The zero-order valence-corrected chi connectivity index (χ0v) is 12.7. The van der Waals surface area contributed by atoms with Gasteiger partial charge in [0.1, 0.15) is 11.9 Å². The van der Waals surface area contributed by atoms with Gasteiger partial charge in [-0.05, 0) is 19.1 Å². The van der Waals surface area contributed by atoms with E-state index in [0.717, 1.165) is 12.2 Å². The number of hydrogen-bond acceptors (Lipinski definition) is 6. The normalized spacial score (nSPS) is 11.7. The van der Waals surface area contributed by atoms with Gasteiger partial charge in [0.15, 0.2) is 16.3 Å². The number of hydrogen-bond donors (Lipinski definition) is 0. The highest BCUT2D eigenvalue weighted by atomic mass is 79.9. The van der Waals surface area contributed by atoms with Gasteiger partial charge in [0.2, 0.25) is 0 Å². The summed E-state index contributed by atoms with van der Waals surface area (Å²) >= 11 is 2.47. The maximum absolute atomic E-state index is 11.6. The SMILES string of the molecule is CC(CC(=O)Oc1ccccc1)OC(=O)/C=C/C(=O)OBr. The summed E-state index contributed by atoms with van der Waals surface area (Å²) < 4.78 is 14.1. The highest BCUT2D eigenvalue weighted by Gasteiger charge is 2.14. The zero-order chi connectivity index (χ0) is 15.7. The van der Waals surface area contributed by atoms with Crippen LogP contribution in [0.3, 0.4) is 0 Å². The van der Waals surface area contributed by atoms with Gasteiger partial charge < -0.3 is 13.3 Å². The molecule has 1 aromatic carbocycles. The Morgan fingerprint density at radius 3 is 2.38 bits per heavy atom. The van der Waals surface area contributed by atoms with Crippen molar-refractivity contribution in [1.29, 1.82) is 0 Å². The molecule has 1 atom stereocenters. The Morgan fingerprint density at radius 2 is 1.76 bits per heavy atom. The molecular formula is C14H13BrO6. The highest BCUT2D eigenvalue weighted by molar-refractivity contribution is 9.06. The van der Waals surface area contributed by atoms with Crippen LogP contribution < -0.4 is 4.74 Å². The minimum absolute atomic E-state index is 0.0998. The second kappa shape index (κ2) is 8.91. The summed E-state index contributed by atoms with van der Waals surface area (Å²) in [5.74, 6) is -1.61. The second-order valence-electron chi connectivity index (χ2n) is 3.97. The Hall–Kier alpha value is -2.15. The van der Waals surface area contributed by atoms with E-state index in [2.05, 4.69) is 20.1 Å². The first kappa shape index (κ1) is 16.9. The number of carbonyl (C=O) groups excluding carboxylic acids is 3. The van der Waals surface area contributed by atoms with Gasteiger partial charge in [-0.3, -0.25) is 4.79 Å². The van der Waals surface area contributed by atoms with E-state index in [9.17, 15) is 14.4 Å². The van der Waals surface area contributed by atoms with Crippen molar-refractivity contribution in [3.8, 4) is 5.75 Å². The topological polar surface area (TPSA) is 78.9 Å². The summed E-state index contributed by atoms with van der Waals surface area (Å²) in [5, 5.41) is 0. The van der Waals surface area contributed by atoms with Crippen LogP contribution in [0.15, 0.2) is 42.5 Å². The van der Waals surface area contributed by atoms with Crippen molar-refractivity contribution in [3.05, 3.63) is 42.5 Å². The molecule has 0 fully saturated rings. The molecule has 0 amide bonds. The lowest BCUT2D eigenvalue weighted by Crippen LogP contribution is -2.20. The van der Waals surface area contributed by atoms with E-state index >= 15 is 0 Å². The third-order valence-electron chi connectivity index (χ3n) is 2.18. The van der Waals surface area contributed by atoms with Gasteiger partial charge in [0.25, 0.3) is 0 Å². The molecule has 0 aliphatic rings. The van der Waals surface area contributed by atoms with Gasteiger partial charge >= 0.3 is 17.9 Å². The van der Waals surface area contributed by atoms with Gasteiger partial charge in [0, 0.05) is 12.2 Å². The first-order valence-electron chi connectivity index (χ1n) is 5.98. The lowest BCUT2D eigenvalue weighted by molar-refractivity contribution is -0.146.